The summed E-state index contributed by atoms with van der Waals surface area (Å²) >= 11 is 0. The molecule has 0 bridgehead atoms. The van der Waals surface area contributed by atoms with Gasteiger partial charge in [-0.25, -0.2) is 4.98 Å². The molecule has 7 nitrogen and oxygen atoms in total. The molecule has 1 aromatic heterocycles. The highest BCUT2D eigenvalue weighted by molar-refractivity contribution is 5.34. The summed E-state index contributed by atoms with van der Waals surface area (Å²) in [6.45, 7) is 11.5. The van der Waals surface area contributed by atoms with Crippen molar-refractivity contribution in [1.29, 1.82) is 0 Å². The molecule has 0 spiro atoms. The molecule has 1 saturated carbocycles. The van der Waals surface area contributed by atoms with Gasteiger partial charge in [-0.1, -0.05) is 12.1 Å². The minimum Gasteiger partial charge on any atom is -0.491 e. The third kappa shape index (κ3) is 4.69. The average molecular weight is 442 g/mol. The summed E-state index contributed by atoms with van der Waals surface area (Å²) in [4.78, 5) is 11.2. The highest BCUT2D eigenvalue weighted by Crippen LogP contribution is 2.52. The van der Waals surface area contributed by atoms with E-state index in [1.54, 1.807) is 6.20 Å². The number of aromatic nitrogens is 2. The first-order valence-corrected chi connectivity index (χ1v) is 11.8. The Balaban J connectivity index is 1.51. The number of hydrogen-bond acceptors (Lipinski definition) is 7. The fraction of sp³-hybridized carbons (Fsp3) is 0.600. The Morgan fingerprint density at radius 3 is 2.75 bits per heavy atom. The smallest absolute Gasteiger partial charge is 0.319 e. The summed E-state index contributed by atoms with van der Waals surface area (Å²) in [5.41, 5.74) is 0.924. The molecule has 3 atom stereocenters. The summed E-state index contributed by atoms with van der Waals surface area (Å²) < 4.78 is 17.1. The first kappa shape index (κ1) is 22.8. The molecule has 1 aromatic carbocycles. The summed E-state index contributed by atoms with van der Waals surface area (Å²) in [7, 11) is 0. The molecule has 2 aromatic rings. The van der Waals surface area contributed by atoms with E-state index in [9.17, 15) is 5.11 Å². The lowest BCUT2D eigenvalue weighted by molar-refractivity contribution is -0.0101. The Labute approximate surface area is 190 Å². The highest BCUT2D eigenvalue weighted by Gasteiger charge is 2.53. The van der Waals surface area contributed by atoms with Crippen molar-refractivity contribution in [2.45, 2.75) is 58.8 Å². The van der Waals surface area contributed by atoms with Crippen LogP contribution in [-0.2, 0) is 12.1 Å². The molecule has 1 N–H and O–H groups in total. The van der Waals surface area contributed by atoms with Crippen LogP contribution in [0.5, 0.6) is 17.6 Å². The van der Waals surface area contributed by atoms with Crippen molar-refractivity contribution in [3.05, 3.63) is 41.6 Å². The van der Waals surface area contributed by atoms with Crippen LogP contribution < -0.4 is 14.2 Å². The van der Waals surface area contributed by atoms with Gasteiger partial charge in [0.25, 0.3) is 0 Å². The average Bonchev–Trinajstić information content (AvgIpc) is 3.28. The summed E-state index contributed by atoms with van der Waals surface area (Å²) in [5.74, 6) is 1.90. The van der Waals surface area contributed by atoms with Crippen LogP contribution in [0, 0.1) is 11.8 Å². The van der Waals surface area contributed by atoms with Gasteiger partial charge in [-0.2, -0.15) is 4.98 Å². The van der Waals surface area contributed by atoms with Crippen molar-refractivity contribution >= 4 is 0 Å². The van der Waals surface area contributed by atoms with E-state index in [0.29, 0.717) is 37.0 Å². The first-order valence-electron chi connectivity index (χ1n) is 11.8. The monoisotopic (exact) mass is 441 g/mol. The van der Waals surface area contributed by atoms with E-state index in [1.165, 1.54) is 5.56 Å². The number of hydrogen-bond donors (Lipinski definition) is 1. The quantitative estimate of drug-likeness (QED) is 0.634. The number of benzene rings is 1. The number of fused-ring (bicyclic) bond motifs is 1. The van der Waals surface area contributed by atoms with Gasteiger partial charge in [0, 0.05) is 31.7 Å². The molecule has 0 amide bonds. The minimum absolute atomic E-state index is 0.123. The lowest BCUT2D eigenvalue weighted by atomic mass is 9.83. The van der Waals surface area contributed by atoms with Crippen LogP contribution in [-0.4, -0.2) is 52.4 Å². The number of likely N-dealkylation sites (tertiary alicyclic amines) is 1. The molecule has 2 aliphatic rings. The Kier molecular flexibility index (Phi) is 6.86. The maximum absolute atomic E-state index is 11.8. The van der Waals surface area contributed by atoms with E-state index in [0.717, 1.165) is 31.8 Å². The Bertz CT molecular complexity index is 922. The van der Waals surface area contributed by atoms with E-state index in [-0.39, 0.29) is 18.0 Å². The second-order valence-corrected chi connectivity index (χ2v) is 9.08. The topological polar surface area (TPSA) is 76.9 Å². The molecule has 1 aliphatic heterocycles. The van der Waals surface area contributed by atoms with Crippen molar-refractivity contribution in [2.75, 3.05) is 26.3 Å². The number of nitrogens with zero attached hydrogens (tertiary/aromatic N) is 3. The number of rotatable bonds is 9. The van der Waals surface area contributed by atoms with Crippen molar-refractivity contribution in [2.24, 2.45) is 11.8 Å². The summed E-state index contributed by atoms with van der Waals surface area (Å²) in [6.07, 6.45) is 3.53. The third-order valence-corrected chi connectivity index (χ3v) is 6.46. The second kappa shape index (κ2) is 9.63. The first-order chi connectivity index (χ1) is 15.4. The molecule has 32 heavy (non-hydrogen) atoms. The van der Waals surface area contributed by atoms with Gasteiger partial charge in [0.15, 0.2) is 0 Å². The van der Waals surface area contributed by atoms with Crippen LogP contribution in [0.4, 0.5) is 0 Å². The van der Waals surface area contributed by atoms with Gasteiger partial charge in [0.2, 0.25) is 5.88 Å². The van der Waals surface area contributed by atoms with Crippen LogP contribution in [0.25, 0.3) is 0 Å². The van der Waals surface area contributed by atoms with Gasteiger partial charge in [-0.15, -0.1) is 0 Å². The largest absolute Gasteiger partial charge is 0.491 e. The van der Waals surface area contributed by atoms with Gasteiger partial charge < -0.3 is 19.3 Å². The molecule has 4 rings (SSSR count). The predicted octanol–water partition coefficient (Wildman–Crippen LogP) is 3.79. The molecular formula is C25H35N3O4. The maximum Gasteiger partial charge on any atom is 0.319 e. The van der Waals surface area contributed by atoms with Crippen molar-refractivity contribution in [3.8, 4) is 17.6 Å². The van der Waals surface area contributed by atoms with Gasteiger partial charge in [0.05, 0.1) is 24.9 Å². The zero-order chi connectivity index (χ0) is 22.7. The maximum atomic E-state index is 11.8. The molecule has 0 radical (unpaired) electrons. The number of ether oxygens (including phenoxy) is 3. The van der Waals surface area contributed by atoms with Gasteiger partial charge in [-0.05, 0) is 64.2 Å². The normalized spacial score (nSPS) is 25.2. The van der Waals surface area contributed by atoms with Crippen LogP contribution in [0.15, 0.2) is 30.5 Å². The molecule has 2 fully saturated rings. The number of aliphatic hydroxyl groups is 1. The lowest BCUT2D eigenvalue weighted by Gasteiger charge is -2.31. The van der Waals surface area contributed by atoms with Crippen molar-refractivity contribution in [1.82, 2.24) is 14.9 Å². The predicted molar refractivity (Wildman–Crippen MR) is 122 cm³/mol. The summed E-state index contributed by atoms with van der Waals surface area (Å²) in [5, 5.41) is 11.8. The van der Waals surface area contributed by atoms with Crippen LogP contribution in [0.1, 0.15) is 51.7 Å². The molecule has 1 aliphatic carbocycles. The van der Waals surface area contributed by atoms with E-state index < -0.39 is 5.60 Å². The fourth-order valence-electron chi connectivity index (χ4n) is 5.19. The second-order valence-electron chi connectivity index (χ2n) is 9.08. The van der Waals surface area contributed by atoms with Crippen LogP contribution in [0.2, 0.25) is 0 Å². The van der Waals surface area contributed by atoms with E-state index >= 15 is 0 Å². The molecule has 1 saturated heterocycles. The third-order valence-electron chi connectivity index (χ3n) is 6.46. The van der Waals surface area contributed by atoms with Crippen molar-refractivity contribution in [3.63, 3.8) is 0 Å². The van der Waals surface area contributed by atoms with E-state index in [2.05, 4.69) is 27.0 Å². The highest BCUT2D eigenvalue weighted by atomic mass is 16.5. The van der Waals surface area contributed by atoms with Crippen LogP contribution >= 0.6 is 0 Å². The Morgan fingerprint density at radius 2 is 2.00 bits per heavy atom. The zero-order valence-electron chi connectivity index (χ0n) is 19.6. The minimum atomic E-state index is -0.989. The van der Waals surface area contributed by atoms with Gasteiger partial charge >= 0.3 is 6.01 Å². The van der Waals surface area contributed by atoms with E-state index in [1.807, 2.05) is 39.8 Å². The molecule has 7 heteroatoms. The summed E-state index contributed by atoms with van der Waals surface area (Å²) in [6, 6.07) is 8.59. The molecule has 2 heterocycles. The Hall–Kier alpha value is -2.38. The standard InChI is InChI=1S/C25H35N3O4/c1-5-30-23-21(13-26-24(27-23)31-6-2)25(29)11-10-19-15-28(16-22(19)25)14-18-8-7-9-20(12-18)32-17(3)4/h7-9,12-13,17,19,22,29H,5-6,10-11,14-16H2,1-4H3/t19-,22+,25+/m1/s1. The molecule has 174 valence electrons. The SMILES string of the molecule is CCOc1ncc([C@@]2(O)CC[C@@H]3CN(Cc4cccc(OC(C)C)c4)C[C@@H]32)c(OCC)n1. The van der Waals surface area contributed by atoms with Crippen molar-refractivity contribution < 1.29 is 19.3 Å². The van der Waals surface area contributed by atoms with Gasteiger partial charge in [0.1, 0.15) is 11.4 Å². The fourth-order valence-corrected chi connectivity index (χ4v) is 5.19. The molecular weight excluding hydrogens is 406 g/mol. The zero-order valence-corrected chi connectivity index (χ0v) is 19.6. The van der Waals surface area contributed by atoms with Crippen LogP contribution in [0.3, 0.4) is 0 Å². The van der Waals surface area contributed by atoms with E-state index in [4.69, 9.17) is 14.2 Å². The molecule has 0 unspecified atom stereocenters. The Morgan fingerprint density at radius 1 is 1.19 bits per heavy atom. The lowest BCUT2D eigenvalue weighted by Crippen LogP contribution is -2.35. The van der Waals surface area contributed by atoms with Gasteiger partial charge in [-0.3, -0.25) is 4.90 Å².